The van der Waals surface area contributed by atoms with Gasteiger partial charge in [-0.3, -0.25) is 4.79 Å². The summed E-state index contributed by atoms with van der Waals surface area (Å²) in [5, 5.41) is 13.1. The van der Waals surface area contributed by atoms with Gasteiger partial charge in [-0.25, -0.2) is 0 Å². The number of nitrogens with one attached hydrogen (secondary N) is 1. The fraction of sp³-hybridized carbons (Fsp3) is 0.400. The van der Waals surface area contributed by atoms with Crippen LogP contribution in [0.5, 0.6) is 0 Å². The smallest absolute Gasteiger partial charge is 0.261 e. The third-order valence-electron chi connectivity index (χ3n) is 3.47. The van der Waals surface area contributed by atoms with Gasteiger partial charge in [0, 0.05) is 12.3 Å². The molecular formula is C15H17NO3S2. The van der Waals surface area contributed by atoms with Gasteiger partial charge in [-0.15, -0.1) is 11.3 Å². The molecule has 3 heterocycles. The fourth-order valence-electron chi connectivity index (χ4n) is 2.23. The van der Waals surface area contributed by atoms with Gasteiger partial charge < -0.3 is 14.8 Å². The lowest BCUT2D eigenvalue weighted by molar-refractivity contribution is 0.0614. The first kappa shape index (κ1) is 14.7. The summed E-state index contributed by atoms with van der Waals surface area (Å²) in [6.07, 6.45) is 0.735. The highest BCUT2D eigenvalue weighted by Crippen LogP contribution is 2.30. The maximum absolute atomic E-state index is 12.1. The quantitative estimate of drug-likeness (QED) is 0.908. The number of carbonyl (C=O) groups excluding carboxylic acids is 1. The zero-order chi connectivity index (χ0) is 14.9. The van der Waals surface area contributed by atoms with E-state index < -0.39 is 5.60 Å². The largest absolute Gasteiger partial charge is 0.461 e. The molecule has 1 aliphatic heterocycles. The summed E-state index contributed by atoms with van der Waals surface area (Å²) in [6.45, 7) is 2.21. The van der Waals surface area contributed by atoms with Gasteiger partial charge in [0.25, 0.3) is 5.91 Å². The number of furan rings is 1. The van der Waals surface area contributed by atoms with Crippen molar-refractivity contribution in [3.05, 3.63) is 34.9 Å². The predicted octanol–water partition coefficient (Wildman–Crippen LogP) is 2.91. The highest BCUT2D eigenvalue weighted by atomic mass is 32.2. The predicted molar refractivity (Wildman–Crippen MR) is 86.0 cm³/mol. The summed E-state index contributed by atoms with van der Waals surface area (Å²) >= 11 is 3.12. The molecule has 2 N–H and O–H groups in total. The molecule has 2 aromatic heterocycles. The van der Waals surface area contributed by atoms with E-state index in [4.69, 9.17) is 4.42 Å². The average molecular weight is 323 g/mol. The zero-order valence-corrected chi connectivity index (χ0v) is 13.4. The summed E-state index contributed by atoms with van der Waals surface area (Å²) in [4.78, 5) is 13.7. The number of aliphatic hydroxyl groups is 1. The Labute approximate surface area is 131 Å². The lowest BCUT2D eigenvalue weighted by atomic mass is 10.0. The molecule has 3 rings (SSSR count). The summed E-state index contributed by atoms with van der Waals surface area (Å²) in [5.41, 5.74) is -0.751. The van der Waals surface area contributed by atoms with Gasteiger partial charge in [0.05, 0.1) is 15.4 Å². The number of amides is 1. The summed E-state index contributed by atoms with van der Waals surface area (Å²) in [6, 6.07) is 7.49. The lowest BCUT2D eigenvalue weighted by Crippen LogP contribution is -2.42. The third-order valence-corrected chi connectivity index (χ3v) is 5.81. The molecule has 0 spiro atoms. The lowest BCUT2D eigenvalue weighted by Gasteiger charge is -2.21. The van der Waals surface area contributed by atoms with Crippen molar-refractivity contribution >= 4 is 29.0 Å². The van der Waals surface area contributed by atoms with E-state index in [1.807, 2.05) is 25.1 Å². The van der Waals surface area contributed by atoms with Crippen molar-refractivity contribution in [1.29, 1.82) is 0 Å². The molecule has 1 fully saturated rings. The van der Waals surface area contributed by atoms with Gasteiger partial charge in [0.2, 0.25) is 0 Å². The van der Waals surface area contributed by atoms with Crippen molar-refractivity contribution < 1.29 is 14.3 Å². The minimum atomic E-state index is -0.751. The standard InChI is InChI=1S/C15H17NO3S2/c1-10-2-3-11(19-10)12-4-5-13(21-12)14(17)16-8-15(18)6-7-20-9-15/h2-5,18H,6-9H2,1H3,(H,16,17). The van der Waals surface area contributed by atoms with Crippen LogP contribution in [0.1, 0.15) is 21.9 Å². The first-order valence-electron chi connectivity index (χ1n) is 6.81. The number of hydrogen-bond acceptors (Lipinski definition) is 5. The maximum atomic E-state index is 12.1. The third kappa shape index (κ3) is 3.33. The van der Waals surface area contributed by atoms with E-state index in [-0.39, 0.29) is 5.91 Å². The van der Waals surface area contributed by atoms with E-state index in [0.717, 1.165) is 28.6 Å². The Morgan fingerprint density at radius 1 is 1.43 bits per heavy atom. The monoisotopic (exact) mass is 323 g/mol. The second-order valence-corrected chi connectivity index (χ2v) is 7.47. The van der Waals surface area contributed by atoms with E-state index >= 15 is 0 Å². The minimum Gasteiger partial charge on any atom is -0.461 e. The minimum absolute atomic E-state index is 0.139. The second kappa shape index (κ2) is 5.87. The van der Waals surface area contributed by atoms with E-state index in [1.165, 1.54) is 11.3 Å². The molecule has 1 amide bonds. The van der Waals surface area contributed by atoms with Crippen LogP contribution >= 0.6 is 23.1 Å². The molecule has 0 bridgehead atoms. The molecule has 1 saturated heterocycles. The molecule has 2 aromatic rings. The number of rotatable bonds is 4. The summed E-state index contributed by atoms with van der Waals surface area (Å²) in [7, 11) is 0. The number of thioether (sulfide) groups is 1. The normalized spacial score (nSPS) is 21.6. The molecule has 0 aromatic carbocycles. The van der Waals surface area contributed by atoms with Crippen molar-refractivity contribution in [3.63, 3.8) is 0 Å². The summed E-state index contributed by atoms with van der Waals surface area (Å²) < 4.78 is 5.56. The first-order chi connectivity index (χ1) is 10.1. The zero-order valence-electron chi connectivity index (χ0n) is 11.7. The molecule has 0 radical (unpaired) electrons. The van der Waals surface area contributed by atoms with Gasteiger partial charge >= 0.3 is 0 Å². The maximum Gasteiger partial charge on any atom is 0.261 e. The Balaban J connectivity index is 1.64. The Morgan fingerprint density at radius 2 is 2.29 bits per heavy atom. The van der Waals surface area contributed by atoms with Crippen LogP contribution in [-0.4, -0.2) is 34.7 Å². The Hall–Kier alpha value is -1.24. The van der Waals surface area contributed by atoms with E-state index in [0.29, 0.717) is 17.2 Å². The highest BCUT2D eigenvalue weighted by Gasteiger charge is 2.32. The molecule has 1 unspecified atom stereocenters. The molecule has 1 aliphatic rings. The molecule has 1 atom stereocenters. The van der Waals surface area contributed by atoms with E-state index in [2.05, 4.69) is 5.32 Å². The van der Waals surface area contributed by atoms with Crippen LogP contribution < -0.4 is 5.32 Å². The molecular weight excluding hydrogens is 306 g/mol. The van der Waals surface area contributed by atoms with Crippen LogP contribution in [0.4, 0.5) is 0 Å². The van der Waals surface area contributed by atoms with Crippen LogP contribution in [0, 0.1) is 6.92 Å². The number of carbonyl (C=O) groups is 1. The topological polar surface area (TPSA) is 62.5 Å². The fourth-order valence-corrected chi connectivity index (χ4v) is 4.41. The molecule has 112 valence electrons. The molecule has 0 aliphatic carbocycles. The Kier molecular flexibility index (Phi) is 4.10. The van der Waals surface area contributed by atoms with Crippen LogP contribution in [0.15, 0.2) is 28.7 Å². The average Bonchev–Trinajstić information content (AvgIpc) is 3.16. The molecule has 0 saturated carbocycles. The van der Waals surface area contributed by atoms with E-state index in [9.17, 15) is 9.90 Å². The number of hydrogen-bond donors (Lipinski definition) is 2. The van der Waals surface area contributed by atoms with Crippen molar-refractivity contribution in [2.24, 2.45) is 0 Å². The van der Waals surface area contributed by atoms with Crippen molar-refractivity contribution in [1.82, 2.24) is 5.32 Å². The Morgan fingerprint density at radius 3 is 2.95 bits per heavy atom. The number of aryl methyl sites for hydroxylation is 1. The van der Waals surface area contributed by atoms with Gasteiger partial charge in [0.1, 0.15) is 11.5 Å². The van der Waals surface area contributed by atoms with Crippen LogP contribution in [-0.2, 0) is 0 Å². The van der Waals surface area contributed by atoms with Crippen molar-refractivity contribution in [2.75, 3.05) is 18.1 Å². The van der Waals surface area contributed by atoms with Crippen LogP contribution in [0.2, 0.25) is 0 Å². The molecule has 21 heavy (non-hydrogen) atoms. The number of thiophene rings is 1. The SMILES string of the molecule is Cc1ccc(-c2ccc(C(=O)NCC3(O)CCSC3)s2)o1. The van der Waals surface area contributed by atoms with Crippen molar-refractivity contribution in [2.45, 2.75) is 18.9 Å². The van der Waals surface area contributed by atoms with Gasteiger partial charge in [0.15, 0.2) is 0 Å². The van der Waals surface area contributed by atoms with E-state index in [1.54, 1.807) is 17.8 Å². The summed E-state index contributed by atoms with van der Waals surface area (Å²) in [5.74, 6) is 3.13. The Bertz CT molecular complexity index is 641. The second-order valence-electron chi connectivity index (χ2n) is 5.28. The van der Waals surface area contributed by atoms with Gasteiger partial charge in [-0.2, -0.15) is 11.8 Å². The van der Waals surface area contributed by atoms with Crippen molar-refractivity contribution in [3.8, 4) is 10.6 Å². The van der Waals surface area contributed by atoms with Gasteiger partial charge in [-0.05, 0) is 43.4 Å². The van der Waals surface area contributed by atoms with Gasteiger partial charge in [-0.1, -0.05) is 0 Å². The van der Waals surface area contributed by atoms with Crippen LogP contribution in [0.25, 0.3) is 10.6 Å². The van der Waals surface area contributed by atoms with Crippen LogP contribution in [0.3, 0.4) is 0 Å². The molecule has 6 heteroatoms. The molecule has 4 nitrogen and oxygen atoms in total. The highest BCUT2D eigenvalue weighted by molar-refractivity contribution is 7.99. The first-order valence-corrected chi connectivity index (χ1v) is 8.78.